The molecule has 5 heteroatoms. The lowest BCUT2D eigenvalue weighted by Gasteiger charge is -2.11. The van der Waals surface area contributed by atoms with E-state index in [0.29, 0.717) is 24.8 Å². The van der Waals surface area contributed by atoms with E-state index in [9.17, 15) is 9.90 Å². The molecule has 1 N–H and O–H groups in total. The summed E-state index contributed by atoms with van der Waals surface area (Å²) < 4.78 is 10.2. The van der Waals surface area contributed by atoms with Crippen molar-refractivity contribution in [1.82, 2.24) is 0 Å². The third-order valence-corrected chi connectivity index (χ3v) is 2.57. The Morgan fingerprint density at radius 3 is 2.58 bits per heavy atom. The Morgan fingerprint density at radius 1 is 1.32 bits per heavy atom. The zero-order valence-electron chi connectivity index (χ0n) is 11.0. The molecule has 0 bridgehead atoms. The Bertz CT molecular complexity index is 378. The number of halogens is 1. The first-order valence-electron chi connectivity index (χ1n) is 6.29. The second kappa shape index (κ2) is 8.77. The molecule has 0 heterocycles. The normalized spacial score (nSPS) is 11.9. The largest absolute Gasteiger partial charge is 0.492 e. The zero-order chi connectivity index (χ0) is 14.1. The first-order valence-corrected chi connectivity index (χ1v) is 6.83. The second-order valence-corrected chi connectivity index (χ2v) is 4.45. The second-order valence-electron chi connectivity index (χ2n) is 4.07. The van der Waals surface area contributed by atoms with Crippen LogP contribution in [0.3, 0.4) is 0 Å². The summed E-state index contributed by atoms with van der Waals surface area (Å²) in [7, 11) is 0. The molecule has 0 spiro atoms. The third-order valence-electron chi connectivity index (χ3n) is 2.42. The molecule has 0 aliphatic heterocycles. The standard InChI is InChI=1S/C14H19ClO4/c1-2-8-19-14(17)13(16)10-11-3-5-12(6-4-11)18-9-7-15/h3-6,13,16H,2,7-10H2,1H3. The fraction of sp³-hybridized carbons (Fsp3) is 0.500. The fourth-order valence-electron chi connectivity index (χ4n) is 1.48. The number of aliphatic hydroxyl groups excluding tert-OH is 1. The summed E-state index contributed by atoms with van der Waals surface area (Å²) in [5, 5.41) is 9.69. The van der Waals surface area contributed by atoms with Crippen LogP contribution in [0.15, 0.2) is 24.3 Å². The highest BCUT2D eigenvalue weighted by molar-refractivity contribution is 6.18. The minimum absolute atomic E-state index is 0.234. The highest BCUT2D eigenvalue weighted by Crippen LogP contribution is 2.14. The summed E-state index contributed by atoms with van der Waals surface area (Å²) in [6, 6.07) is 7.18. The van der Waals surface area contributed by atoms with Crippen molar-refractivity contribution in [2.75, 3.05) is 19.1 Å². The average molecular weight is 287 g/mol. The number of carbonyl (C=O) groups excluding carboxylic acids is 1. The summed E-state index contributed by atoms with van der Waals surface area (Å²) in [5.41, 5.74) is 0.846. The van der Waals surface area contributed by atoms with Gasteiger partial charge in [0, 0.05) is 6.42 Å². The highest BCUT2D eigenvalue weighted by atomic mass is 35.5. The van der Waals surface area contributed by atoms with Crippen LogP contribution < -0.4 is 4.74 Å². The molecule has 1 atom stereocenters. The van der Waals surface area contributed by atoms with Gasteiger partial charge >= 0.3 is 5.97 Å². The van der Waals surface area contributed by atoms with E-state index < -0.39 is 12.1 Å². The lowest BCUT2D eigenvalue weighted by molar-refractivity contribution is -0.153. The van der Waals surface area contributed by atoms with Gasteiger partial charge in [0.15, 0.2) is 6.10 Å². The van der Waals surface area contributed by atoms with Crippen LogP contribution in [0, 0.1) is 0 Å². The zero-order valence-corrected chi connectivity index (χ0v) is 11.7. The van der Waals surface area contributed by atoms with Gasteiger partial charge in [-0.05, 0) is 24.1 Å². The number of hydrogen-bond acceptors (Lipinski definition) is 4. The van der Waals surface area contributed by atoms with Crippen molar-refractivity contribution in [2.45, 2.75) is 25.9 Å². The first-order chi connectivity index (χ1) is 9.17. The maximum Gasteiger partial charge on any atom is 0.335 e. The van der Waals surface area contributed by atoms with Gasteiger partial charge in [-0.1, -0.05) is 19.1 Å². The van der Waals surface area contributed by atoms with Crippen LogP contribution in [0.4, 0.5) is 0 Å². The number of benzene rings is 1. The lowest BCUT2D eigenvalue weighted by atomic mass is 10.1. The molecule has 0 fully saturated rings. The van der Waals surface area contributed by atoms with E-state index in [0.717, 1.165) is 12.0 Å². The van der Waals surface area contributed by atoms with Gasteiger partial charge in [-0.25, -0.2) is 4.79 Å². The van der Waals surface area contributed by atoms with Crippen LogP contribution in [0.5, 0.6) is 5.75 Å². The van der Waals surface area contributed by atoms with Crippen molar-refractivity contribution < 1.29 is 19.4 Å². The van der Waals surface area contributed by atoms with E-state index in [1.807, 2.05) is 6.92 Å². The summed E-state index contributed by atoms with van der Waals surface area (Å²) in [6.45, 7) is 2.69. The maximum absolute atomic E-state index is 11.4. The van der Waals surface area contributed by atoms with Gasteiger partial charge in [-0.2, -0.15) is 0 Å². The van der Waals surface area contributed by atoms with Crippen molar-refractivity contribution in [3.05, 3.63) is 29.8 Å². The van der Waals surface area contributed by atoms with E-state index >= 15 is 0 Å². The van der Waals surface area contributed by atoms with Crippen molar-refractivity contribution in [3.63, 3.8) is 0 Å². The highest BCUT2D eigenvalue weighted by Gasteiger charge is 2.16. The van der Waals surface area contributed by atoms with Gasteiger partial charge < -0.3 is 14.6 Å². The number of carbonyl (C=O) groups is 1. The van der Waals surface area contributed by atoms with Gasteiger partial charge in [0.1, 0.15) is 12.4 Å². The molecule has 1 rings (SSSR count). The minimum Gasteiger partial charge on any atom is -0.492 e. The summed E-state index contributed by atoms with van der Waals surface area (Å²) in [4.78, 5) is 11.4. The predicted molar refractivity (Wildman–Crippen MR) is 73.6 cm³/mol. The predicted octanol–water partition coefficient (Wildman–Crippen LogP) is 2.16. The van der Waals surface area contributed by atoms with E-state index in [2.05, 4.69) is 0 Å². The van der Waals surface area contributed by atoms with Crippen molar-refractivity contribution in [3.8, 4) is 5.75 Å². The molecule has 19 heavy (non-hydrogen) atoms. The molecule has 4 nitrogen and oxygen atoms in total. The molecule has 0 aromatic heterocycles. The lowest BCUT2D eigenvalue weighted by Crippen LogP contribution is -2.25. The first kappa shape index (κ1) is 15.8. The molecule has 0 saturated carbocycles. The molecule has 0 saturated heterocycles. The number of esters is 1. The van der Waals surface area contributed by atoms with Crippen LogP contribution in [0.25, 0.3) is 0 Å². The number of hydrogen-bond donors (Lipinski definition) is 1. The van der Waals surface area contributed by atoms with Crippen LogP contribution in [-0.4, -0.2) is 36.3 Å². The number of alkyl halides is 1. The molecular weight excluding hydrogens is 268 g/mol. The van der Waals surface area contributed by atoms with Crippen molar-refractivity contribution in [1.29, 1.82) is 0 Å². The Labute approximate surface area is 118 Å². The van der Waals surface area contributed by atoms with E-state index in [4.69, 9.17) is 21.1 Å². The molecule has 106 valence electrons. The Balaban J connectivity index is 2.45. The van der Waals surface area contributed by atoms with E-state index in [1.165, 1.54) is 0 Å². The van der Waals surface area contributed by atoms with Gasteiger partial charge in [0.05, 0.1) is 12.5 Å². The van der Waals surface area contributed by atoms with Crippen LogP contribution in [-0.2, 0) is 16.0 Å². The molecule has 1 unspecified atom stereocenters. The summed E-state index contributed by atoms with van der Waals surface area (Å²) in [5.74, 6) is 0.570. The van der Waals surface area contributed by atoms with Gasteiger partial charge in [0.2, 0.25) is 0 Å². The van der Waals surface area contributed by atoms with E-state index in [1.54, 1.807) is 24.3 Å². The number of ether oxygens (including phenoxy) is 2. The average Bonchev–Trinajstić information content (AvgIpc) is 2.43. The van der Waals surface area contributed by atoms with Gasteiger partial charge in [-0.15, -0.1) is 11.6 Å². The molecule has 0 radical (unpaired) electrons. The van der Waals surface area contributed by atoms with Gasteiger partial charge in [-0.3, -0.25) is 0 Å². The SMILES string of the molecule is CCCOC(=O)C(O)Cc1ccc(OCCCl)cc1. The Hall–Kier alpha value is -1.26. The fourth-order valence-corrected chi connectivity index (χ4v) is 1.56. The molecule has 0 aliphatic rings. The quantitative estimate of drug-likeness (QED) is 0.588. The maximum atomic E-state index is 11.4. The van der Waals surface area contributed by atoms with Crippen LogP contribution >= 0.6 is 11.6 Å². The monoisotopic (exact) mass is 286 g/mol. The Kier molecular flexibility index (Phi) is 7.30. The smallest absolute Gasteiger partial charge is 0.335 e. The van der Waals surface area contributed by atoms with E-state index in [-0.39, 0.29) is 6.42 Å². The molecule has 0 aliphatic carbocycles. The molecular formula is C14H19ClO4. The van der Waals surface area contributed by atoms with Crippen LogP contribution in [0.1, 0.15) is 18.9 Å². The molecule has 1 aromatic carbocycles. The van der Waals surface area contributed by atoms with Gasteiger partial charge in [0.25, 0.3) is 0 Å². The summed E-state index contributed by atoms with van der Waals surface area (Å²) >= 11 is 5.52. The van der Waals surface area contributed by atoms with Crippen LogP contribution in [0.2, 0.25) is 0 Å². The van der Waals surface area contributed by atoms with Crippen molar-refractivity contribution in [2.24, 2.45) is 0 Å². The molecule has 1 aromatic rings. The Morgan fingerprint density at radius 2 is 2.00 bits per heavy atom. The number of rotatable bonds is 8. The third kappa shape index (κ3) is 5.94. The molecule has 0 amide bonds. The van der Waals surface area contributed by atoms with Crippen molar-refractivity contribution >= 4 is 17.6 Å². The minimum atomic E-state index is -1.12. The number of aliphatic hydroxyl groups is 1. The summed E-state index contributed by atoms with van der Waals surface area (Å²) in [6.07, 6.45) is -0.148. The topological polar surface area (TPSA) is 55.8 Å².